The summed E-state index contributed by atoms with van der Waals surface area (Å²) < 4.78 is 2.23. The van der Waals surface area contributed by atoms with E-state index in [1.54, 1.807) is 17.0 Å². The maximum absolute atomic E-state index is 13.2. The van der Waals surface area contributed by atoms with Gasteiger partial charge in [0, 0.05) is 26.2 Å². The van der Waals surface area contributed by atoms with E-state index in [0.717, 1.165) is 33.5 Å². The molecule has 0 bridgehead atoms. The Morgan fingerprint density at radius 3 is 2.23 bits per heavy atom. The Bertz CT molecular complexity index is 1190. The zero-order chi connectivity index (χ0) is 22.0. The van der Waals surface area contributed by atoms with Crippen LogP contribution in [-0.4, -0.2) is 63.3 Å². The van der Waals surface area contributed by atoms with Gasteiger partial charge in [0.15, 0.2) is 0 Å². The van der Waals surface area contributed by atoms with Crippen LogP contribution in [0.2, 0.25) is 0 Å². The number of carbonyl (C=O) groups excluding carboxylic acids is 1. The molecule has 160 valence electrons. The molecule has 1 fully saturated rings. The van der Waals surface area contributed by atoms with E-state index in [9.17, 15) is 14.4 Å². The lowest BCUT2D eigenvalue weighted by Gasteiger charge is -2.32. The lowest BCUT2D eigenvalue weighted by atomic mass is 10.2. The van der Waals surface area contributed by atoms with Gasteiger partial charge in [0.1, 0.15) is 0 Å². The average Bonchev–Trinajstić information content (AvgIpc) is 2.78. The van der Waals surface area contributed by atoms with E-state index in [1.165, 1.54) is 0 Å². The van der Waals surface area contributed by atoms with Crippen LogP contribution in [0.4, 0.5) is 0 Å². The molecule has 8 heteroatoms. The van der Waals surface area contributed by atoms with Gasteiger partial charge in [-0.25, -0.2) is 4.79 Å². The molecule has 1 aromatic heterocycles. The molecule has 0 spiro atoms. The van der Waals surface area contributed by atoms with Gasteiger partial charge in [-0.15, -0.1) is 0 Å². The average molecular weight is 419 g/mol. The van der Waals surface area contributed by atoms with Crippen molar-refractivity contribution in [2.45, 2.75) is 13.5 Å². The lowest BCUT2D eigenvalue weighted by molar-refractivity contribution is 0.0652. The van der Waals surface area contributed by atoms with Crippen LogP contribution in [0.25, 0.3) is 5.69 Å². The molecule has 2 heterocycles. The summed E-state index contributed by atoms with van der Waals surface area (Å²) in [6.07, 6.45) is 0. The van der Waals surface area contributed by atoms with Crippen LogP contribution in [0.1, 0.15) is 21.6 Å². The first-order chi connectivity index (χ1) is 14.9. The van der Waals surface area contributed by atoms with Crippen molar-refractivity contribution < 1.29 is 4.79 Å². The van der Waals surface area contributed by atoms with Gasteiger partial charge < -0.3 is 9.80 Å². The lowest BCUT2D eigenvalue weighted by Crippen LogP contribution is -2.51. The standard InChI is InChI=1S/C23H25N5O3/c1-17-8-10-19(11-9-17)28-23(31)27(16-18-6-4-3-5-7-18)22(30)20(24-28)21(29)26-14-12-25(2)13-15-26/h3-11H,12-16H2,1-2H3. The molecule has 8 nitrogen and oxygen atoms in total. The number of rotatable bonds is 4. The minimum Gasteiger partial charge on any atom is -0.335 e. The summed E-state index contributed by atoms with van der Waals surface area (Å²) in [5.74, 6) is -0.444. The summed E-state index contributed by atoms with van der Waals surface area (Å²) in [4.78, 5) is 43.4. The molecule has 1 saturated heterocycles. The number of likely N-dealkylation sites (N-methyl/N-ethyl adjacent to an activating group) is 1. The molecule has 0 unspecified atom stereocenters. The highest BCUT2D eigenvalue weighted by atomic mass is 16.2. The van der Waals surface area contributed by atoms with Crippen molar-refractivity contribution in [3.63, 3.8) is 0 Å². The van der Waals surface area contributed by atoms with Gasteiger partial charge in [-0.2, -0.15) is 9.78 Å². The summed E-state index contributed by atoms with van der Waals surface area (Å²) in [6, 6.07) is 16.5. The van der Waals surface area contributed by atoms with E-state index in [4.69, 9.17) is 0 Å². The highest BCUT2D eigenvalue weighted by Crippen LogP contribution is 2.08. The quantitative estimate of drug-likeness (QED) is 0.634. The molecule has 1 aliphatic heterocycles. The summed E-state index contributed by atoms with van der Waals surface area (Å²) in [6.45, 7) is 4.48. The van der Waals surface area contributed by atoms with Gasteiger partial charge in [-0.3, -0.25) is 14.2 Å². The first-order valence-electron chi connectivity index (χ1n) is 10.3. The monoisotopic (exact) mass is 419 g/mol. The number of amides is 1. The predicted octanol–water partition coefficient (Wildman–Crippen LogP) is 1.14. The van der Waals surface area contributed by atoms with Crippen LogP contribution in [0.3, 0.4) is 0 Å². The molecular formula is C23H25N5O3. The van der Waals surface area contributed by atoms with E-state index >= 15 is 0 Å². The highest BCUT2D eigenvalue weighted by molar-refractivity contribution is 5.92. The SMILES string of the molecule is Cc1ccc(-n2nc(C(=O)N3CCN(C)CC3)c(=O)n(Cc3ccccc3)c2=O)cc1. The highest BCUT2D eigenvalue weighted by Gasteiger charge is 2.27. The molecule has 0 aliphatic carbocycles. The van der Waals surface area contributed by atoms with E-state index in [1.807, 2.05) is 56.4 Å². The second-order valence-corrected chi connectivity index (χ2v) is 7.85. The Morgan fingerprint density at radius 2 is 1.58 bits per heavy atom. The van der Waals surface area contributed by atoms with Crippen LogP contribution < -0.4 is 11.2 Å². The first kappa shape index (κ1) is 20.7. The van der Waals surface area contributed by atoms with Crippen molar-refractivity contribution in [3.05, 3.63) is 92.3 Å². The van der Waals surface area contributed by atoms with Crippen LogP contribution in [0.15, 0.2) is 64.2 Å². The number of nitrogens with zero attached hydrogens (tertiary/aromatic N) is 5. The van der Waals surface area contributed by atoms with E-state index in [2.05, 4.69) is 10.00 Å². The third-order valence-corrected chi connectivity index (χ3v) is 5.51. The smallest absolute Gasteiger partial charge is 0.335 e. The van der Waals surface area contributed by atoms with Gasteiger partial charge >= 0.3 is 5.69 Å². The van der Waals surface area contributed by atoms with Crippen molar-refractivity contribution in [1.29, 1.82) is 0 Å². The zero-order valence-electron chi connectivity index (χ0n) is 17.7. The maximum Gasteiger partial charge on any atom is 0.352 e. The molecule has 0 N–H and O–H groups in total. The number of carbonyl (C=O) groups is 1. The fourth-order valence-corrected chi connectivity index (χ4v) is 3.57. The van der Waals surface area contributed by atoms with Crippen LogP contribution in [0.5, 0.6) is 0 Å². The number of hydrogen-bond acceptors (Lipinski definition) is 5. The third kappa shape index (κ3) is 4.34. The molecule has 0 radical (unpaired) electrons. The molecule has 0 atom stereocenters. The normalized spacial score (nSPS) is 14.6. The van der Waals surface area contributed by atoms with E-state index in [-0.39, 0.29) is 12.2 Å². The van der Waals surface area contributed by atoms with E-state index < -0.39 is 17.2 Å². The van der Waals surface area contributed by atoms with Crippen LogP contribution >= 0.6 is 0 Å². The first-order valence-corrected chi connectivity index (χ1v) is 10.3. The third-order valence-electron chi connectivity index (χ3n) is 5.51. The summed E-state index contributed by atoms with van der Waals surface area (Å²) in [5.41, 5.74) is 0.851. The van der Waals surface area contributed by atoms with Crippen molar-refractivity contribution in [1.82, 2.24) is 24.1 Å². The summed E-state index contributed by atoms with van der Waals surface area (Å²) in [5, 5.41) is 4.23. The van der Waals surface area contributed by atoms with Gasteiger partial charge in [0.2, 0.25) is 5.69 Å². The molecule has 0 saturated carbocycles. The Morgan fingerprint density at radius 1 is 0.935 bits per heavy atom. The zero-order valence-corrected chi connectivity index (χ0v) is 17.7. The second-order valence-electron chi connectivity index (χ2n) is 7.85. The second kappa shape index (κ2) is 8.69. The fourth-order valence-electron chi connectivity index (χ4n) is 3.57. The number of aromatic nitrogens is 3. The number of benzene rings is 2. The minimum absolute atomic E-state index is 0.0654. The molecule has 1 amide bonds. The number of piperazine rings is 1. The van der Waals surface area contributed by atoms with Gasteiger partial charge in [-0.1, -0.05) is 48.0 Å². The summed E-state index contributed by atoms with van der Waals surface area (Å²) in [7, 11) is 1.99. The van der Waals surface area contributed by atoms with Crippen molar-refractivity contribution >= 4 is 5.91 Å². The largest absolute Gasteiger partial charge is 0.352 e. The Balaban J connectivity index is 1.83. The summed E-state index contributed by atoms with van der Waals surface area (Å²) >= 11 is 0. The predicted molar refractivity (Wildman–Crippen MR) is 118 cm³/mol. The minimum atomic E-state index is -0.666. The molecule has 1 aliphatic rings. The molecule has 2 aromatic carbocycles. The fraction of sp³-hybridized carbons (Fsp3) is 0.304. The van der Waals surface area contributed by atoms with Gasteiger partial charge in [0.25, 0.3) is 11.5 Å². The van der Waals surface area contributed by atoms with Gasteiger partial charge in [-0.05, 0) is 31.7 Å². The Kier molecular flexibility index (Phi) is 5.81. The van der Waals surface area contributed by atoms with E-state index in [0.29, 0.717) is 18.8 Å². The maximum atomic E-state index is 13.2. The van der Waals surface area contributed by atoms with Crippen molar-refractivity contribution in [2.75, 3.05) is 33.2 Å². The molecular weight excluding hydrogens is 394 g/mol. The van der Waals surface area contributed by atoms with Crippen molar-refractivity contribution in [3.8, 4) is 5.69 Å². The topological polar surface area (TPSA) is 80.4 Å². The molecule has 3 aromatic rings. The van der Waals surface area contributed by atoms with Crippen LogP contribution in [-0.2, 0) is 6.54 Å². The van der Waals surface area contributed by atoms with Crippen molar-refractivity contribution in [2.24, 2.45) is 0 Å². The Hall–Kier alpha value is -3.52. The molecule has 4 rings (SSSR count). The molecule has 31 heavy (non-hydrogen) atoms. The Labute approximate surface area is 180 Å². The van der Waals surface area contributed by atoms with Gasteiger partial charge in [0.05, 0.1) is 12.2 Å². The number of aryl methyl sites for hydroxylation is 1. The number of hydrogen-bond donors (Lipinski definition) is 0. The van der Waals surface area contributed by atoms with Crippen LogP contribution in [0, 0.1) is 6.92 Å².